The van der Waals surface area contributed by atoms with Crippen LogP contribution in [0.3, 0.4) is 0 Å². The Hall–Kier alpha value is -1.57. The van der Waals surface area contributed by atoms with Crippen LogP contribution in [-0.4, -0.2) is 23.2 Å². The third-order valence-corrected chi connectivity index (χ3v) is 2.79. The van der Waals surface area contributed by atoms with Gasteiger partial charge in [-0.05, 0) is 25.5 Å². The van der Waals surface area contributed by atoms with Gasteiger partial charge in [-0.2, -0.15) is 13.2 Å². The standard InChI is InChI=1S/C12H13BrF3N3O/c1-7(12(14,15)16)5-8(2)18-11(20)19-10-6-9(13)3-4-17-10/h3-4,6,8H,1,5H2,2H3,(H2,17,18,19,20). The summed E-state index contributed by atoms with van der Waals surface area (Å²) in [5, 5.41) is 4.81. The van der Waals surface area contributed by atoms with Crippen molar-refractivity contribution in [3.8, 4) is 0 Å². The van der Waals surface area contributed by atoms with Crippen molar-refractivity contribution in [2.24, 2.45) is 0 Å². The number of carbonyl (C=O) groups excluding carboxylic acids is 1. The first kappa shape index (κ1) is 16.5. The van der Waals surface area contributed by atoms with E-state index in [1.165, 1.54) is 13.1 Å². The van der Waals surface area contributed by atoms with Gasteiger partial charge in [-0.1, -0.05) is 22.5 Å². The number of hydrogen-bond acceptors (Lipinski definition) is 2. The van der Waals surface area contributed by atoms with Gasteiger partial charge in [-0.15, -0.1) is 0 Å². The lowest BCUT2D eigenvalue weighted by molar-refractivity contribution is -0.0941. The maximum atomic E-state index is 12.3. The molecule has 8 heteroatoms. The summed E-state index contributed by atoms with van der Waals surface area (Å²) in [7, 11) is 0. The minimum Gasteiger partial charge on any atom is -0.335 e. The number of carbonyl (C=O) groups is 1. The van der Waals surface area contributed by atoms with E-state index in [2.05, 4.69) is 38.1 Å². The first-order valence-corrected chi connectivity index (χ1v) is 6.42. The molecule has 0 radical (unpaired) electrons. The molecule has 1 heterocycles. The normalized spacial score (nSPS) is 12.7. The topological polar surface area (TPSA) is 54.0 Å². The van der Waals surface area contributed by atoms with Gasteiger partial charge in [0.05, 0.1) is 0 Å². The number of urea groups is 1. The molecule has 20 heavy (non-hydrogen) atoms. The Balaban J connectivity index is 2.48. The number of nitrogens with one attached hydrogen (secondary N) is 2. The van der Waals surface area contributed by atoms with Crippen LogP contribution in [-0.2, 0) is 0 Å². The van der Waals surface area contributed by atoms with Gasteiger partial charge >= 0.3 is 12.2 Å². The quantitative estimate of drug-likeness (QED) is 0.809. The highest BCUT2D eigenvalue weighted by Crippen LogP contribution is 2.27. The highest BCUT2D eigenvalue weighted by atomic mass is 79.9. The molecule has 1 atom stereocenters. The van der Waals surface area contributed by atoms with Gasteiger partial charge in [0, 0.05) is 22.3 Å². The zero-order valence-electron chi connectivity index (χ0n) is 10.6. The van der Waals surface area contributed by atoms with E-state index in [0.717, 1.165) is 4.47 Å². The number of hydrogen-bond donors (Lipinski definition) is 2. The molecule has 1 rings (SSSR count). The molecule has 0 aliphatic heterocycles. The highest BCUT2D eigenvalue weighted by molar-refractivity contribution is 9.10. The van der Waals surface area contributed by atoms with Crippen molar-refractivity contribution in [3.05, 3.63) is 35.0 Å². The molecule has 0 aliphatic rings. The highest BCUT2D eigenvalue weighted by Gasteiger charge is 2.32. The van der Waals surface area contributed by atoms with Crippen molar-refractivity contribution in [1.29, 1.82) is 0 Å². The summed E-state index contributed by atoms with van der Waals surface area (Å²) in [6.45, 7) is 4.42. The smallest absolute Gasteiger partial charge is 0.335 e. The van der Waals surface area contributed by atoms with Crippen molar-refractivity contribution in [2.75, 3.05) is 5.32 Å². The lowest BCUT2D eigenvalue weighted by Crippen LogP contribution is -2.37. The van der Waals surface area contributed by atoms with Crippen molar-refractivity contribution in [1.82, 2.24) is 10.3 Å². The molecule has 0 aliphatic carbocycles. The molecule has 0 saturated carbocycles. The van der Waals surface area contributed by atoms with E-state index in [-0.39, 0.29) is 6.42 Å². The Bertz CT molecular complexity index is 505. The molecule has 4 nitrogen and oxygen atoms in total. The molecular formula is C12H13BrF3N3O. The Kier molecular flexibility index (Phi) is 5.55. The maximum absolute atomic E-state index is 12.3. The van der Waals surface area contributed by atoms with Crippen molar-refractivity contribution >= 4 is 27.8 Å². The first-order valence-electron chi connectivity index (χ1n) is 5.62. The van der Waals surface area contributed by atoms with Gasteiger partial charge in [0.15, 0.2) is 0 Å². The predicted molar refractivity (Wildman–Crippen MR) is 73.4 cm³/mol. The summed E-state index contributed by atoms with van der Waals surface area (Å²) in [6, 6.07) is 1.92. The van der Waals surface area contributed by atoms with Crippen LogP contribution in [0.15, 0.2) is 35.0 Å². The fraction of sp³-hybridized carbons (Fsp3) is 0.333. The molecule has 1 unspecified atom stereocenters. The minimum absolute atomic E-state index is 0.290. The monoisotopic (exact) mass is 351 g/mol. The zero-order chi connectivity index (χ0) is 15.3. The number of aromatic nitrogens is 1. The Morgan fingerprint density at radius 2 is 2.20 bits per heavy atom. The molecule has 0 spiro atoms. The Morgan fingerprint density at radius 3 is 2.75 bits per heavy atom. The first-order chi connectivity index (χ1) is 9.18. The number of alkyl halides is 3. The third kappa shape index (κ3) is 5.60. The average Bonchev–Trinajstić information content (AvgIpc) is 2.26. The average molecular weight is 352 g/mol. The molecular weight excluding hydrogens is 339 g/mol. The van der Waals surface area contributed by atoms with E-state index in [1.807, 2.05) is 0 Å². The van der Waals surface area contributed by atoms with Crippen molar-refractivity contribution in [2.45, 2.75) is 25.6 Å². The van der Waals surface area contributed by atoms with Gasteiger partial charge in [0.25, 0.3) is 0 Å². The summed E-state index contributed by atoms with van der Waals surface area (Å²) >= 11 is 3.21. The lowest BCUT2D eigenvalue weighted by atomic mass is 10.1. The molecule has 1 aromatic heterocycles. The predicted octanol–water partition coefficient (Wildman–Crippen LogP) is 3.86. The van der Waals surface area contributed by atoms with E-state index in [0.29, 0.717) is 5.82 Å². The Morgan fingerprint density at radius 1 is 1.55 bits per heavy atom. The van der Waals surface area contributed by atoms with Crippen LogP contribution in [0.1, 0.15) is 13.3 Å². The van der Waals surface area contributed by atoms with E-state index in [1.54, 1.807) is 12.1 Å². The van der Waals surface area contributed by atoms with Crippen molar-refractivity contribution < 1.29 is 18.0 Å². The summed E-state index contributed by atoms with van der Waals surface area (Å²) < 4.78 is 37.6. The fourth-order valence-electron chi connectivity index (χ4n) is 1.39. The molecule has 110 valence electrons. The van der Waals surface area contributed by atoms with Crippen LogP contribution < -0.4 is 10.6 Å². The number of nitrogens with zero attached hydrogens (tertiary/aromatic N) is 1. The van der Waals surface area contributed by atoms with Crippen LogP contribution in [0.4, 0.5) is 23.8 Å². The van der Waals surface area contributed by atoms with Crippen LogP contribution in [0.5, 0.6) is 0 Å². The minimum atomic E-state index is -4.45. The second kappa shape index (κ2) is 6.74. The van der Waals surface area contributed by atoms with Gasteiger partial charge in [-0.3, -0.25) is 5.32 Å². The second-order valence-corrected chi connectivity index (χ2v) is 5.08. The maximum Gasteiger partial charge on any atom is 0.412 e. The van der Waals surface area contributed by atoms with Crippen LogP contribution in [0, 0.1) is 0 Å². The fourth-order valence-corrected chi connectivity index (χ4v) is 1.72. The SMILES string of the molecule is C=C(CC(C)NC(=O)Nc1cc(Br)ccn1)C(F)(F)F. The number of halogens is 4. The number of pyridine rings is 1. The van der Waals surface area contributed by atoms with Crippen LogP contribution in [0.25, 0.3) is 0 Å². The van der Waals surface area contributed by atoms with E-state index in [4.69, 9.17) is 0 Å². The largest absolute Gasteiger partial charge is 0.412 e. The molecule has 2 amide bonds. The summed E-state index contributed by atoms with van der Waals surface area (Å²) in [5.41, 5.74) is -0.883. The van der Waals surface area contributed by atoms with Gasteiger partial charge in [-0.25, -0.2) is 9.78 Å². The number of rotatable bonds is 4. The van der Waals surface area contributed by atoms with Gasteiger partial charge in [0.1, 0.15) is 5.82 Å². The molecule has 0 fully saturated rings. The van der Waals surface area contributed by atoms with E-state index in [9.17, 15) is 18.0 Å². The van der Waals surface area contributed by atoms with Gasteiger partial charge in [0.2, 0.25) is 0 Å². The third-order valence-electron chi connectivity index (χ3n) is 2.29. The molecule has 0 bridgehead atoms. The van der Waals surface area contributed by atoms with Crippen LogP contribution in [0.2, 0.25) is 0 Å². The lowest BCUT2D eigenvalue weighted by Gasteiger charge is -2.17. The summed E-state index contributed by atoms with van der Waals surface area (Å²) in [6.07, 6.45) is -3.34. The van der Waals surface area contributed by atoms with E-state index < -0.39 is 23.8 Å². The molecule has 1 aromatic rings. The van der Waals surface area contributed by atoms with E-state index >= 15 is 0 Å². The zero-order valence-corrected chi connectivity index (χ0v) is 12.2. The number of anilines is 1. The molecule has 0 saturated heterocycles. The van der Waals surface area contributed by atoms with Crippen molar-refractivity contribution in [3.63, 3.8) is 0 Å². The summed E-state index contributed by atoms with van der Waals surface area (Å²) in [5.74, 6) is 0.290. The van der Waals surface area contributed by atoms with Gasteiger partial charge < -0.3 is 5.32 Å². The number of amides is 2. The Labute approximate surface area is 122 Å². The molecule has 0 aromatic carbocycles. The second-order valence-electron chi connectivity index (χ2n) is 4.16. The van der Waals surface area contributed by atoms with Crippen LogP contribution >= 0.6 is 15.9 Å². The summed E-state index contributed by atoms with van der Waals surface area (Å²) in [4.78, 5) is 15.5. The molecule has 2 N–H and O–H groups in total.